The summed E-state index contributed by atoms with van der Waals surface area (Å²) in [6, 6.07) is 0.560. The highest BCUT2D eigenvalue weighted by Gasteiger charge is 2.48. The van der Waals surface area contributed by atoms with Gasteiger partial charge in [-0.1, -0.05) is 13.8 Å². The summed E-state index contributed by atoms with van der Waals surface area (Å²) in [5, 5.41) is 3.57. The molecule has 1 aromatic rings. The predicted octanol–water partition coefficient (Wildman–Crippen LogP) is 2.05. The van der Waals surface area contributed by atoms with Crippen LogP contribution >= 0.6 is 11.3 Å². The van der Waals surface area contributed by atoms with Gasteiger partial charge < -0.3 is 10.1 Å². The van der Waals surface area contributed by atoms with E-state index in [1.165, 1.54) is 4.88 Å². The Labute approximate surface area is 94.9 Å². The summed E-state index contributed by atoms with van der Waals surface area (Å²) in [5.41, 5.74) is 2.13. The zero-order valence-electron chi connectivity index (χ0n) is 9.49. The minimum Gasteiger partial charge on any atom is -0.381 e. The summed E-state index contributed by atoms with van der Waals surface area (Å²) in [6.07, 6.45) is 3.44. The molecule has 0 radical (unpaired) electrons. The lowest BCUT2D eigenvalue weighted by Gasteiger charge is -2.51. The summed E-state index contributed by atoms with van der Waals surface area (Å²) in [6.45, 7) is 5.44. The SMILES string of the molecule is COC1CC(NCc2cncs2)C1(C)C. The second-order valence-electron chi connectivity index (χ2n) is 4.68. The second-order valence-corrected chi connectivity index (χ2v) is 5.65. The van der Waals surface area contributed by atoms with Gasteiger partial charge in [0.05, 0.1) is 11.6 Å². The standard InChI is InChI=1S/C11H18N2OS/c1-11(2)9(4-10(11)14-3)13-6-8-5-12-7-15-8/h5,7,9-10,13H,4,6H2,1-3H3. The lowest BCUT2D eigenvalue weighted by Crippen LogP contribution is -2.60. The van der Waals surface area contributed by atoms with Crippen molar-refractivity contribution in [3.05, 3.63) is 16.6 Å². The second kappa shape index (κ2) is 4.20. The molecule has 4 heteroatoms. The number of hydrogen-bond acceptors (Lipinski definition) is 4. The molecule has 0 bridgehead atoms. The van der Waals surface area contributed by atoms with Crippen LogP contribution in [0.1, 0.15) is 25.1 Å². The molecule has 1 heterocycles. The fraction of sp³-hybridized carbons (Fsp3) is 0.727. The van der Waals surface area contributed by atoms with Gasteiger partial charge in [-0.3, -0.25) is 4.98 Å². The maximum Gasteiger partial charge on any atom is 0.0794 e. The number of aromatic nitrogens is 1. The Kier molecular flexibility index (Phi) is 3.09. The van der Waals surface area contributed by atoms with E-state index in [1.54, 1.807) is 18.4 Å². The zero-order chi connectivity index (χ0) is 10.9. The number of nitrogens with one attached hydrogen (secondary N) is 1. The first-order valence-corrected chi connectivity index (χ1v) is 6.16. The van der Waals surface area contributed by atoms with Crippen molar-refractivity contribution >= 4 is 11.3 Å². The van der Waals surface area contributed by atoms with Gasteiger partial charge in [0.1, 0.15) is 0 Å². The van der Waals surface area contributed by atoms with Crippen molar-refractivity contribution in [1.82, 2.24) is 10.3 Å². The highest BCUT2D eigenvalue weighted by molar-refractivity contribution is 7.09. The van der Waals surface area contributed by atoms with E-state index < -0.39 is 0 Å². The molecule has 0 saturated heterocycles. The van der Waals surface area contributed by atoms with E-state index >= 15 is 0 Å². The van der Waals surface area contributed by atoms with Crippen molar-refractivity contribution < 1.29 is 4.74 Å². The van der Waals surface area contributed by atoms with Crippen molar-refractivity contribution in [3.63, 3.8) is 0 Å². The number of methoxy groups -OCH3 is 1. The molecule has 2 rings (SSSR count). The van der Waals surface area contributed by atoms with Crippen LogP contribution in [-0.4, -0.2) is 24.2 Å². The minimum atomic E-state index is 0.249. The molecule has 15 heavy (non-hydrogen) atoms. The first kappa shape index (κ1) is 11.0. The lowest BCUT2D eigenvalue weighted by atomic mass is 9.64. The highest BCUT2D eigenvalue weighted by Crippen LogP contribution is 2.42. The summed E-state index contributed by atoms with van der Waals surface area (Å²) < 4.78 is 5.42. The molecule has 2 atom stereocenters. The average Bonchev–Trinajstić information content (AvgIpc) is 2.69. The number of hydrogen-bond donors (Lipinski definition) is 1. The molecule has 1 aliphatic carbocycles. The number of thiazole rings is 1. The van der Waals surface area contributed by atoms with Crippen LogP contribution in [0.4, 0.5) is 0 Å². The summed E-state index contributed by atoms with van der Waals surface area (Å²) in [5.74, 6) is 0. The third-order valence-electron chi connectivity index (χ3n) is 3.47. The largest absolute Gasteiger partial charge is 0.381 e. The first-order valence-electron chi connectivity index (χ1n) is 5.28. The van der Waals surface area contributed by atoms with Crippen molar-refractivity contribution in [3.8, 4) is 0 Å². The third-order valence-corrected chi connectivity index (χ3v) is 4.25. The van der Waals surface area contributed by atoms with Gasteiger partial charge in [0.2, 0.25) is 0 Å². The smallest absolute Gasteiger partial charge is 0.0794 e. The van der Waals surface area contributed by atoms with Crippen molar-refractivity contribution in [2.75, 3.05) is 7.11 Å². The molecule has 0 amide bonds. The van der Waals surface area contributed by atoms with Crippen LogP contribution in [0, 0.1) is 5.41 Å². The van der Waals surface area contributed by atoms with Crippen LogP contribution in [-0.2, 0) is 11.3 Å². The molecule has 1 N–H and O–H groups in total. The van der Waals surface area contributed by atoms with Crippen LogP contribution < -0.4 is 5.32 Å². The zero-order valence-corrected chi connectivity index (χ0v) is 10.3. The Morgan fingerprint density at radius 1 is 1.67 bits per heavy atom. The highest BCUT2D eigenvalue weighted by atomic mass is 32.1. The molecule has 0 aliphatic heterocycles. The van der Waals surface area contributed by atoms with Gasteiger partial charge in [-0.15, -0.1) is 11.3 Å². The molecular formula is C11H18N2OS. The van der Waals surface area contributed by atoms with Gasteiger partial charge >= 0.3 is 0 Å². The molecule has 1 saturated carbocycles. The van der Waals surface area contributed by atoms with Gasteiger partial charge in [0.15, 0.2) is 0 Å². The summed E-state index contributed by atoms with van der Waals surface area (Å²) in [4.78, 5) is 5.36. The molecule has 1 aliphatic rings. The molecule has 0 aromatic carbocycles. The Hall–Kier alpha value is -0.450. The molecule has 2 unspecified atom stereocenters. The van der Waals surface area contributed by atoms with Crippen LogP contribution in [0.25, 0.3) is 0 Å². The van der Waals surface area contributed by atoms with Crippen LogP contribution in [0.3, 0.4) is 0 Å². The quantitative estimate of drug-likeness (QED) is 0.853. The Morgan fingerprint density at radius 3 is 3.00 bits per heavy atom. The van der Waals surface area contributed by atoms with Gasteiger partial charge in [0.25, 0.3) is 0 Å². The van der Waals surface area contributed by atoms with E-state index in [2.05, 4.69) is 24.1 Å². The van der Waals surface area contributed by atoms with E-state index in [1.807, 2.05) is 11.7 Å². The predicted molar refractivity (Wildman–Crippen MR) is 61.9 cm³/mol. The summed E-state index contributed by atoms with van der Waals surface area (Å²) >= 11 is 1.70. The molecule has 1 fully saturated rings. The first-order chi connectivity index (χ1) is 7.14. The fourth-order valence-electron chi connectivity index (χ4n) is 2.19. The van der Waals surface area contributed by atoms with Gasteiger partial charge in [-0.25, -0.2) is 0 Å². The molecular weight excluding hydrogens is 208 g/mol. The van der Waals surface area contributed by atoms with Crippen LogP contribution in [0.2, 0.25) is 0 Å². The van der Waals surface area contributed by atoms with Gasteiger partial charge in [-0.05, 0) is 6.42 Å². The van der Waals surface area contributed by atoms with E-state index in [4.69, 9.17) is 4.74 Å². The molecule has 1 aromatic heterocycles. The topological polar surface area (TPSA) is 34.1 Å². The van der Waals surface area contributed by atoms with Crippen molar-refractivity contribution in [2.45, 2.75) is 39.0 Å². The van der Waals surface area contributed by atoms with Gasteiger partial charge in [-0.2, -0.15) is 0 Å². The summed E-state index contributed by atoms with van der Waals surface area (Å²) in [7, 11) is 1.80. The monoisotopic (exact) mass is 226 g/mol. The maximum absolute atomic E-state index is 5.42. The maximum atomic E-state index is 5.42. The van der Waals surface area contributed by atoms with Crippen molar-refractivity contribution in [2.24, 2.45) is 5.41 Å². The Morgan fingerprint density at radius 2 is 2.47 bits per heavy atom. The fourth-order valence-corrected chi connectivity index (χ4v) is 2.73. The Balaban J connectivity index is 1.83. The average molecular weight is 226 g/mol. The van der Waals surface area contributed by atoms with Crippen LogP contribution in [0.5, 0.6) is 0 Å². The lowest BCUT2D eigenvalue weighted by molar-refractivity contribution is -0.0978. The van der Waals surface area contributed by atoms with E-state index in [0.717, 1.165) is 13.0 Å². The van der Waals surface area contributed by atoms with Gasteiger partial charge in [0, 0.05) is 36.2 Å². The van der Waals surface area contributed by atoms with Crippen molar-refractivity contribution in [1.29, 1.82) is 0 Å². The number of ether oxygens (including phenoxy) is 1. The molecule has 84 valence electrons. The van der Waals surface area contributed by atoms with Crippen LogP contribution in [0.15, 0.2) is 11.7 Å². The third kappa shape index (κ3) is 2.07. The normalized spacial score (nSPS) is 28.7. The Bertz CT molecular complexity index is 310. The number of rotatable bonds is 4. The van der Waals surface area contributed by atoms with E-state index in [9.17, 15) is 0 Å². The van der Waals surface area contributed by atoms with E-state index in [0.29, 0.717) is 12.1 Å². The molecule has 3 nitrogen and oxygen atoms in total. The molecule has 0 spiro atoms. The van der Waals surface area contributed by atoms with E-state index in [-0.39, 0.29) is 5.41 Å². The minimum absolute atomic E-state index is 0.249. The number of nitrogens with zero attached hydrogens (tertiary/aromatic N) is 1.